The highest BCUT2D eigenvalue weighted by atomic mass is 35.5. The zero-order valence-electron chi connectivity index (χ0n) is 10.8. The lowest BCUT2D eigenvalue weighted by molar-refractivity contribution is 0.260. The summed E-state index contributed by atoms with van der Waals surface area (Å²) in [5, 5.41) is 0.00354. The molecule has 1 fully saturated rings. The number of rotatable bonds is 5. The van der Waals surface area contributed by atoms with Crippen molar-refractivity contribution in [3.63, 3.8) is 0 Å². The van der Waals surface area contributed by atoms with Crippen LogP contribution in [0.2, 0.25) is 5.15 Å². The lowest BCUT2D eigenvalue weighted by Gasteiger charge is -2.23. The number of likely N-dealkylation sites (tertiary alicyclic amines) is 1. The quantitative estimate of drug-likeness (QED) is 0.837. The number of halogens is 1. The minimum absolute atomic E-state index is 0.00354. The molecule has 0 bridgehead atoms. The molecule has 1 saturated heterocycles. The number of sulfonamides is 1. The average molecular weight is 304 g/mol. The summed E-state index contributed by atoms with van der Waals surface area (Å²) in [7, 11) is -3.59. The monoisotopic (exact) mass is 303 g/mol. The van der Waals surface area contributed by atoms with Crippen LogP contribution in [0.5, 0.6) is 0 Å². The maximum atomic E-state index is 12.1. The zero-order valence-corrected chi connectivity index (χ0v) is 12.4. The number of aromatic nitrogens is 1. The molecule has 0 radical (unpaired) electrons. The summed E-state index contributed by atoms with van der Waals surface area (Å²) in [5.41, 5.74) is 0. The molecule has 1 aliphatic heterocycles. The summed E-state index contributed by atoms with van der Waals surface area (Å²) in [6.07, 6.45) is 3.84. The van der Waals surface area contributed by atoms with Crippen LogP contribution in [0, 0.1) is 0 Å². The summed E-state index contributed by atoms with van der Waals surface area (Å²) < 4.78 is 26.8. The van der Waals surface area contributed by atoms with E-state index in [1.807, 2.05) is 6.92 Å². The highest BCUT2D eigenvalue weighted by molar-refractivity contribution is 7.89. The fourth-order valence-electron chi connectivity index (χ4n) is 2.19. The highest BCUT2D eigenvalue weighted by Crippen LogP contribution is 2.18. The van der Waals surface area contributed by atoms with Crippen molar-refractivity contribution in [2.45, 2.75) is 30.7 Å². The number of hydrogen-bond donors (Lipinski definition) is 1. The molecule has 0 aromatic carbocycles. The Morgan fingerprint density at radius 3 is 2.79 bits per heavy atom. The molecule has 1 unspecified atom stereocenters. The van der Waals surface area contributed by atoms with Gasteiger partial charge in [-0.3, -0.25) is 4.90 Å². The second-order valence-electron chi connectivity index (χ2n) is 4.74. The fraction of sp³-hybridized carbons (Fsp3) is 0.583. The van der Waals surface area contributed by atoms with E-state index < -0.39 is 10.0 Å². The van der Waals surface area contributed by atoms with Gasteiger partial charge in [-0.1, -0.05) is 11.6 Å². The van der Waals surface area contributed by atoms with Crippen molar-refractivity contribution in [2.24, 2.45) is 0 Å². The van der Waals surface area contributed by atoms with Crippen molar-refractivity contribution in [1.82, 2.24) is 14.6 Å². The second kappa shape index (κ2) is 6.17. The first-order chi connectivity index (χ1) is 9.00. The predicted octanol–water partition coefficient (Wildman–Crippen LogP) is 1.50. The molecule has 19 heavy (non-hydrogen) atoms. The molecular weight excluding hydrogens is 286 g/mol. The molecule has 0 aliphatic carbocycles. The molecule has 1 N–H and O–H groups in total. The van der Waals surface area contributed by atoms with Gasteiger partial charge in [-0.15, -0.1) is 0 Å². The molecule has 0 amide bonds. The Morgan fingerprint density at radius 2 is 2.16 bits per heavy atom. The number of nitrogens with zero attached hydrogens (tertiary/aromatic N) is 2. The molecule has 7 heteroatoms. The van der Waals surface area contributed by atoms with Crippen LogP contribution in [0.15, 0.2) is 23.2 Å². The van der Waals surface area contributed by atoms with Crippen molar-refractivity contribution in [3.8, 4) is 0 Å². The minimum atomic E-state index is -3.59. The Bertz CT molecular complexity index is 530. The maximum absolute atomic E-state index is 12.1. The van der Waals surface area contributed by atoms with E-state index in [2.05, 4.69) is 14.6 Å². The standard InChI is InChI=1S/C12H18ClN3O2S/c1-10(16-7-2-3-8-16)9-15-19(17,18)11-5-4-6-14-12(11)13/h4-6,10,15H,2-3,7-9H2,1H3. The average Bonchev–Trinajstić information content (AvgIpc) is 2.90. The molecule has 1 aliphatic rings. The topological polar surface area (TPSA) is 62.3 Å². The van der Waals surface area contributed by atoms with E-state index in [0.29, 0.717) is 6.54 Å². The first-order valence-electron chi connectivity index (χ1n) is 6.35. The molecule has 0 saturated carbocycles. The van der Waals surface area contributed by atoms with Gasteiger partial charge in [-0.05, 0) is 45.0 Å². The number of nitrogens with one attached hydrogen (secondary N) is 1. The molecule has 0 spiro atoms. The Balaban J connectivity index is 2.00. The Labute approximate surface area is 119 Å². The molecule has 2 rings (SSSR count). The van der Waals surface area contributed by atoms with Crippen molar-refractivity contribution in [1.29, 1.82) is 0 Å². The Morgan fingerprint density at radius 1 is 1.47 bits per heavy atom. The summed E-state index contributed by atoms with van der Waals surface area (Å²) >= 11 is 5.81. The van der Waals surface area contributed by atoms with Crippen LogP contribution in [-0.2, 0) is 10.0 Å². The van der Waals surface area contributed by atoms with Gasteiger partial charge in [0.05, 0.1) is 0 Å². The fourth-order valence-corrected chi connectivity index (χ4v) is 3.76. The van der Waals surface area contributed by atoms with Gasteiger partial charge >= 0.3 is 0 Å². The number of hydrogen-bond acceptors (Lipinski definition) is 4. The highest BCUT2D eigenvalue weighted by Gasteiger charge is 2.22. The summed E-state index contributed by atoms with van der Waals surface area (Å²) in [5.74, 6) is 0. The SMILES string of the molecule is CC(CNS(=O)(=O)c1cccnc1Cl)N1CCCC1. The van der Waals surface area contributed by atoms with Gasteiger partial charge in [-0.25, -0.2) is 18.1 Å². The molecule has 1 aromatic rings. The number of pyridine rings is 1. The first-order valence-corrected chi connectivity index (χ1v) is 8.21. The zero-order chi connectivity index (χ0) is 13.9. The van der Waals surface area contributed by atoms with Crippen molar-refractivity contribution in [3.05, 3.63) is 23.5 Å². The van der Waals surface area contributed by atoms with Crippen LogP contribution in [-0.4, -0.2) is 44.0 Å². The van der Waals surface area contributed by atoms with E-state index in [9.17, 15) is 8.42 Å². The lowest BCUT2D eigenvalue weighted by Crippen LogP contribution is -2.40. The van der Waals surface area contributed by atoms with Gasteiger partial charge in [0.25, 0.3) is 0 Å². The van der Waals surface area contributed by atoms with Crippen LogP contribution >= 0.6 is 11.6 Å². The van der Waals surface area contributed by atoms with E-state index in [1.54, 1.807) is 6.07 Å². The Kier molecular flexibility index (Phi) is 4.78. The third-order valence-electron chi connectivity index (χ3n) is 3.35. The molecule has 5 nitrogen and oxygen atoms in total. The van der Waals surface area contributed by atoms with Gasteiger partial charge in [0, 0.05) is 18.8 Å². The van der Waals surface area contributed by atoms with Crippen LogP contribution in [0.25, 0.3) is 0 Å². The summed E-state index contributed by atoms with van der Waals surface area (Å²) in [6, 6.07) is 3.20. The molecule has 2 heterocycles. The van der Waals surface area contributed by atoms with Gasteiger partial charge in [0.1, 0.15) is 10.0 Å². The van der Waals surface area contributed by atoms with Gasteiger partial charge in [-0.2, -0.15) is 0 Å². The van der Waals surface area contributed by atoms with Crippen molar-refractivity contribution in [2.75, 3.05) is 19.6 Å². The third-order valence-corrected chi connectivity index (χ3v) is 5.22. The smallest absolute Gasteiger partial charge is 0.243 e. The molecule has 1 aromatic heterocycles. The third kappa shape index (κ3) is 3.66. The van der Waals surface area contributed by atoms with Gasteiger partial charge < -0.3 is 0 Å². The van der Waals surface area contributed by atoms with Crippen LogP contribution < -0.4 is 4.72 Å². The van der Waals surface area contributed by atoms with E-state index in [0.717, 1.165) is 13.1 Å². The Hall–Kier alpha value is -0.690. The molecular formula is C12H18ClN3O2S. The van der Waals surface area contributed by atoms with Crippen LogP contribution in [0.3, 0.4) is 0 Å². The van der Waals surface area contributed by atoms with Crippen molar-refractivity contribution >= 4 is 21.6 Å². The van der Waals surface area contributed by atoms with Crippen LogP contribution in [0.1, 0.15) is 19.8 Å². The normalized spacial score (nSPS) is 18.6. The molecule has 1 atom stereocenters. The van der Waals surface area contributed by atoms with E-state index in [-0.39, 0.29) is 16.1 Å². The second-order valence-corrected chi connectivity index (χ2v) is 6.83. The molecule has 106 valence electrons. The summed E-state index contributed by atoms with van der Waals surface area (Å²) in [4.78, 5) is 6.10. The van der Waals surface area contributed by atoms with Crippen LogP contribution in [0.4, 0.5) is 0 Å². The first kappa shape index (κ1) is 14.7. The summed E-state index contributed by atoms with van der Waals surface area (Å²) in [6.45, 7) is 4.49. The van der Waals surface area contributed by atoms with E-state index in [1.165, 1.54) is 25.1 Å². The largest absolute Gasteiger partial charge is 0.299 e. The van der Waals surface area contributed by atoms with Gasteiger partial charge in [0.2, 0.25) is 10.0 Å². The lowest BCUT2D eigenvalue weighted by atomic mass is 10.3. The van der Waals surface area contributed by atoms with Gasteiger partial charge in [0.15, 0.2) is 0 Å². The van der Waals surface area contributed by atoms with E-state index in [4.69, 9.17) is 11.6 Å². The maximum Gasteiger partial charge on any atom is 0.243 e. The predicted molar refractivity (Wildman–Crippen MR) is 74.7 cm³/mol. The van der Waals surface area contributed by atoms with Crippen molar-refractivity contribution < 1.29 is 8.42 Å². The minimum Gasteiger partial charge on any atom is -0.299 e. The van der Waals surface area contributed by atoms with E-state index >= 15 is 0 Å².